The number of hydrogen-bond donors (Lipinski definition) is 1. The van der Waals surface area contributed by atoms with Gasteiger partial charge in [0, 0.05) is 6.42 Å². The topological polar surface area (TPSA) is 46.5 Å². The number of benzene rings is 1. The maximum absolute atomic E-state index is 13.3. The van der Waals surface area contributed by atoms with Crippen molar-refractivity contribution in [3.8, 4) is 0 Å². The van der Waals surface area contributed by atoms with Gasteiger partial charge in [0.05, 0.1) is 12.5 Å². The molecule has 3 aliphatic rings. The average molecular weight is 342 g/mol. The van der Waals surface area contributed by atoms with Gasteiger partial charge >= 0.3 is 5.97 Å². The third-order valence-corrected chi connectivity index (χ3v) is 5.69. The Hall–Kier alpha value is -1.94. The Morgan fingerprint density at radius 2 is 1.92 bits per heavy atom. The lowest BCUT2D eigenvalue weighted by Crippen LogP contribution is -2.31. The number of rotatable bonds is 3. The van der Waals surface area contributed by atoms with Gasteiger partial charge in [0.2, 0.25) is 0 Å². The van der Waals surface area contributed by atoms with Crippen molar-refractivity contribution in [3.05, 3.63) is 53.4 Å². The third-order valence-electron chi connectivity index (χ3n) is 5.69. The van der Waals surface area contributed by atoms with E-state index in [1.54, 1.807) is 0 Å². The van der Waals surface area contributed by atoms with Gasteiger partial charge < -0.3 is 9.84 Å². The van der Waals surface area contributed by atoms with E-state index < -0.39 is 6.10 Å². The van der Waals surface area contributed by atoms with E-state index in [1.807, 2.05) is 18.2 Å². The SMILES string of the molecule is O=C1CC(O)CC(/C=C/C2=C(c3ccc(F)cc3)C[C@H]3CC[C@H]2C3)O1. The number of ether oxygens (including phenoxy) is 1. The van der Waals surface area contributed by atoms with Gasteiger partial charge in [0.15, 0.2) is 0 Å². The Labute approximate surface area is 147 Å². The molecule has 2 bridgehead atoms. The Kier molecular flexibility index (Phi) is 4.46. The van der Waals surface area contributed by atoms with E-state index in [1.165, 1.54) is 42.5 Å². The molecule has 3 nitrogen and oxygen atoms in total. The quantitative estimate of drug-likeness (QED) is 0.844. The number of aliphatic hydroxyl groups excluding tert-OH is 1. The lowest BCUT2D eigenvalue weighted by atomic mass is 9.80. The molecule has 4 rings (SSSR count). The minimum atomic E-state index is -0.622. The second-order valence-corrected chi connectivity index (χ2v) is 7.50. The Bertz CT molecular complexity index is 719. The first-order valence-electron chi connectivity index (χ1n) is 9.13. The maximum Gasteiger partial charge on any atom is 0.309 e. The highest BCUT2D eigenvalue weighted by Gasteiger charge is 2.34. The molecule has 1 saturated carbocycles. The standard InChI is InChI=1S/C21H23FO3/c22-16-5-3-14(4-6-16)20-10-13-1-2-15(9-13)19(20)8-7-18-11-17(23)12-21(24)25-18/h3-8,13,15,17-18,23H,1-2,9-12H2/b8-7+/t13-,15-,17?,18?/m0/s1. The fourth-order valence-electron chi connectivity index (χ4n) is 4.51. The number of cyclic esters (lactones) is 1. The summed E-state index contributed by atoms with van der Waals surface area (Å²) in [5.74, 6) is 0.685. The van der Waals surface area contributed by atoms with Gasteiger partial charge in [0.1, 0.15) is 11.9 Å². The van der Waals surface area contributed by atoms with Crippen LogP contribution in [0, 0.1) is 17.7 Å². The molecular formula is C21H23FO3. The molecular weight excluding hydrogens is 319 g/mol. The molecule has 1 aromatic carbocycles. The predicted octanol–water partition coefficient (Wildman–Crippen LogP) is 4.02. The van der Waals surface area contributed by atoms with Crippen molar-refractivity contribution < 1.29 is 19.0 Å². The first-order chi connectivity index (χ1) is 12.1. The zero-order valence-corrected chi connectivity index (χ0v) is 14.2. The lowest BCUT2D eigenvalue weighted by Gasteiger charge is -2.27. The van der Waals surface area contributed by atoms with E-state index in [4.69, 9.17) is 4.74 Å². The number of hydrogen-bond acceptors (Lipinski definition) is 3. The number of allylic oxidation sites excluding steroid dienone is 3. The summed E-state index contributed by atoms with van der Waals surface area (Å²) in [5, 5.41) is 9.77. The smallest absolute Gasteiger partial charge is 0.309 e. The lowest BCUT2D eigenvalue weighted by molar-refractivity contribution is -0.156. The van der Waals surface area contributed by atoms with Gasteiger partial charge in [-0.1, -0.05) is 18.2 Å². The monoisotopic (exact) mass is 342 g/mol. The van der Waals surface area contributed by atoms with Crippen LogP contribution in [-0.2, 0) is 9.53 Å². The van der Waals surface area contributed by atoms with Crippen LogP contribution in [0.4, 0.5) is 4.39 Å². The number of esters is 1. The van der Waals surface area contributed by atoms with Gasteiger partial charge in [-0.25, -0.2) is 4.39 Å². The van der Waals surface area contributed by atoms with Crippen LogP contribution < -0.4 is 0 Å². The van der Waals surface area contributed by atoms with E-state index in [2.05, 4.69) is 6.08 Å². The van der Waals surface area contributed by atoms with Crippen LogP contribution in [0.5, 0.6) is 0 Å². The number of aliphatic hydroxyl groups is 1. The molecule has 0 spiro atoms. The van der Waals surface area contributed by atoms with E-state index in [-0.39, 0.29) is 24.3 Å². The highest BCUT2D eigenvalue weighted by atomic mass is 19.1. The fourth-order valence-corrected chi connectivity index (χ4v) is 4.51. The Morgan fingerprint density at radius 3 is 2.68 bits per heavy atom. The molecule has 2 fully saturated rings. The van der Waals surface area contributed by atoms with E-state index >= 15 is 0 Å². The van der Waals surface area contributed by atoms with Gasteiger partial charge in [-0.3, -0.25) is 4.79 Å². The van der Waals surface area contributed by atoms with Crippen molar-refractivity contribution >= 4 is 11.5 Å². The van der Waals surface area contributed by atoms with Gasteiger partial charge in [-0.2, -0.15) is 0 Å². The van der Waals surface area contributed by atoms with Crippen LogP contribution in [0.3, 0.4) is 0 Å². The van der Waals surface area contributed by atoms with Crippen LogP contribution in [0.2, 0.25) is 0 Å². The van der Waals surface area contributed by atoms with Crippen LogP contribution in [0.15, 0.2) is 42.0 Å². The van der Waals surface area contributed by atoms with Crippen molar-refractivity contribution in [1.82, 2.24) is 0 Å². The summed E-state index contributed by atoms with van der Waals surface area (Å²) in [5.41, 5.74) is 3.66. The normalized spacial score (nSPS) is 32.3. The largest absolute Gasteiger partial charge is 0.458 e. The zero-order valence-electron chi connectivity index (χ0n) is 14.2. The molecule has 0 aromatic heterocycles. The van der Waals surface area contributed by atoms with E-state index in [9.17, 15) is 14.3 Å². The van der Waals surface area contributed by atoms with Crippen LogP contribution >= 0.6 is 0 Å². The van der Waals surface area contributed by atoms with Crippen molar-refractivity contribution in [2.24, 2.45) is 11.8 Å². The van der Waals surface area contributed by atoms with Crippen molar-refractivity contribution in [1.29, 1.82) is 0 Å². The molecule has 0 radical (unpaired) electrons. The van der Waals surface area contributed by atoms with E-state index in [0.29, 0.717) is 12.3 Å². The summed E-state index contributed by atoms with van der Waals surface area (Å²) in [6.45, 7) is 0. The first kappa shape index (κ1) is 16.5. The van der Waals surface area contributed by atoms with Crippen LogP contribution in [0.1, 0.15) is 44.1 Å². The van der Waals surface area contributed by atoms with Crippen LogP contribution in [0.25, 0.3) is 5.57 Å². The van der Waals surface area contributed by atoms with Gasteiger partial charge in [-0.05, 0) is 72.4 Å². The Morgan fingerprint density at radius 1 is 1.12 bits per heavy atom. The molecule has 0 amide bonds. The molecule has 2 unspecified atom stereocenters. The molecule has 1 N–H and O–H groups in total. The third kappa shape index (κ3) is 3.54. The van der Waals surface area contributed by atoms with Gasteiger partial charge in [0.25, 0.3) is 0 Å². The minimum absolute atomic E-state index is 0.0815. The summed E-state index contributed by atoms with van der Waals surface area (Å²) in [6, 6.07) is 6.74. The summed E-state index contributed by atoms with van der Waals surface area (Å²) >= 11 is 0. The maximum atomic E-state index is 13.3. The van der Waals surface area contributed by atoms with Crippen molar-refractivity contribution in [2.45, 2.75) is 50.7 Å². The number of carbonyl (C=O) groups is 1. The molecule has 1 aliphatic heterocycles. The first-order valence-corrected chi connectivity index (χ1v) is 9.13. The summed E-state index contributed by atoms with van der Waals surface area (Å²) in [7, 11) is 0. The highest BCUT2D eigenvalue weighted by Crippen LogP contribution is 2.48. The molecule has 4 heteroatoms. The second kappa shape index (κ2) is 6.75. The number of carbonyl (C=O) groups excluding carboxylic acids is 1. The molecule has 132 valence electrons. The molecule has 25 heavy (non-hydrogen) atoms. The summed E-state index contributed by atoms with van der Waals surface area (Å²) < 4.78 is 18.6. The summed E-state index contributed by atoms with van der Waals surface area (Å²) in [4.78, 5) is 11.5. The molecule has 1 heterocycles. The Balaban J connectivity index is 1.64. The number of fused-ring (bicyclic) bond motifs is 2. The van der Waals surface area contributed by atoms with Crippen LogP contribution in [-0.4, -0.2) is 23.3 Å². The molecule has 2 aliphatic carbocycles. The second-order valence-electron chi connectivity index (χ2n) is 7.50. The fraction of sp³-hybridized carbons (Fsp3) is 0.476. The zero-order chi connectivity index (χ0) is 17.4. The molecule has 1 aromatic rings. The predicted molar refractivity (Wildman–Crippen MR) is 93.0 cm³/mol. The minimum Gasteiger partial charge on any atom is -0.458 e. The molecule has 4 atom stereocenters. The number of halogens is 1. The summed E-state index contributed by atoms with van der Waals surface area (Å²) in [6.07, 6.45) is 8.20. The van der Waals surface area contributed by atoms with Gasteiger partial charge in [-0.15, -0.1) is 0 Å². The average Bonchev–Trinajstić information content (AvgIpc) is 2.96. The van der Waals surface area contributed by atoms with Crippen molar-refractivity contribution in [2.75, 3.05) is 0 Å². The van der Waals surface area contributed by atoms with Crippen molar-refractivity contribution in [3.63, 3.8) is 0 Å². The highest BCUT2D eigenvalue weighted by molar-refractivity contribution is 5.73. The van der Waals surface area contributed by atoms with E-state index in [0.717, 1.165) is 17.9 Å². The molecule has 1 saturated heterocycles.